The molecule has 8 nitrogen and oxygen atoms in total. The number of nitrogens with one attached hydrogen (secondary N) is 1. The van der Waals surface area contributed by atoms with Crippen molar-refractivity contribution < 1.29 is 23.2 Å². The molecule has 2 aromatic carbocycles. The molecule has 4 rings (SSSR count). The zero-order valence-corrected chi connectivity index (χ0v) is 17.9. The summed E-state index contributed by atoms with van der Waals surface area (Å²) < 4.78 is 24.0. The van der Waals surface area contributed by atoms with Gasteiger partial charge in [-0.3, -0.25) is 4.72 Å². The molecule has 0 saturated heterocycles. The van der Waals surface area contributed by atoms with Crippen LogP contribution in [0.15, 0.2) is 68.8 Å². The molecule has 1 N–H and O–H groups in total. The number of hydrogen-bond acceptors (Lipinski definition) is 9. The van der Waals surface area contributed by atoms with E-state index < -0.39 is 6.16 Å². The molecule has 0 atom stereocenters. The second-order valence-electron chi connectivity index (χ2n) is 6.53. The number of hydrogen-bond donors (Lipinski definition) is 1. The molecule has 0 radical (unpaired) electrons. The Bertz CT molecular complexity index is 1200. The fourth-order valence-corrected chi connectivity index (χ4v) is 3.68. The maximum atomic E-state index is 11.9. The van der Waals surface area contributed by atoms with Gasteiger partial charge in [0, 0.05) is 27.1 Å². The first kappa shape index (κ1) is 20.5. The molecule has 9 heteroatoms. The van der Waals surface area contributed by atoms with Gasteiger partial charge >= 0.3 is 6.16 Å². The summed E-state index contributed by atoms with van der Waals surface area (Å²) in [4.78, 5) is 16.9. The first-order chi connectivity index (χ1) is 15.1. The number of rotatable bonds is 6. The fourth-order valence-electron chi connectivity index (χ4n) is 2.85. The number of aromatic nitrogens is 2. The van der Waals surface area contributed by atoms with E-state index in [1.165, 1.54) is 25.3 Å². The third kappa shape index (κ3) is 4.41. The van der Waals surface area contributed by atoms with Crippen molar-refractivity contribution in [2.45, 2.75) is 18.7 Å². The van der Waals surface area contributed by atoms with Crippen LogP contribution >= 0.6 is 11.9 Å². The zero-order valence-electron chi connectivity index (χ0n) is 17.0. The standard InChI is InChI=1S/C22H19N3O5S/c1-13-14(2)24-30-20(13)25-31-19-7-5-4-6-17(19)16-9-8-15(21-23-10-11-28-21)12-18(16)29-22(26)27-3/h4-12,25H,1-3H3. The van der Waals surface area contributed by atoms with Crippen LogP contribution in [0, 0.1) is 13.8 Å². The largest absolute Gasteiger partial charge is 0.513 e. The number of methoxy groups -OCH3 is 1. The first-order valence-corrected chi connectivity index (χ1v) is 10.1. The minimum Gasteiger partial charge on any atom is -0.445 e. The van der Waals surface area contributed by atoms with Gasteiger partial charge in [0.2, 0.25) is 11.8 Å². The molecule has 0 fully saturated rings. The van der Waals surface area contributed by atoms with Crippen LogP contribution in [0.2, 0.25) is 0 Å². The third-order valence-corrected chi connectivity index (χ3v) is 5.47. The van der Waals surface area contributed by atoms with Crippen molar-refractivity contribution in [1.29, 1.82) is 0 Å². The van der Waals surface area contributed by atoms with Gasteiger partial charge in [0.1, 0.15) is 12.0 Å². The number of benzene rings is 2. The van der Waals surface area contributed by atoms with Crippen molar-refractivity contribution in [3.63, 3.8) is 0 Å². The molecule has 4 aromatic rings. The molecular weight excluding hydrogens is 418 g/mol. The van der Waals surface area contributed by atoms with Gasteiger partial charge in [-0.05, 0) is 50.1 Å². The Kier molecular flexibility index (Phi) is 5.94. The van der Waals surface area contributed by atoms with Crippen LogP contribution in [0.4, 0.5) is 10.7 Å². The average Bonchev–Trinajstić information content (AvgIpc) is 3.44. The molecule has 158 valence electrons. The van der Waals surface area contributed by atoms with Gasteiger partial charge in [-0.15, -0.1) is 0 Å². The summed E-state index contributed by atoms with van der Waals surface area (Å²) >= 11 is 1.37. The molecule has 0 saturated carbocycles. The minimum absolute atomic E-state index is 0.322. The molecule has 0 unspecified atom stereocenters. The lowest BCUT2D eigenvalue weighted by Gasteiger charge is -2.14. The SMILES string of the molecule is COC(=O)Oc1cc(-c2ncco2)ccc1-c1ccccc1SNc1onc(C)c1C. The van der Waals surface area contributed by atoms with Crippen LogP contribution in [0.3, 0.4) is 0 Å². The fraction of sp³-hybridized carbons (Fsp3) is 0.136. The summed E-state index contributed by atoms with van der Waals surface area (Å²) in [7, 11) is 1.26. The lowest BCUT2D eigenvalue weighted by Crippen LogP contribution is -2.08. The number of ether oxygens (including phenoxy) is 2. The molecule has 0 bridgehead atoms. The summed E-state index contributed by atoms with van der Waals surface area (Å²) in [6, 6.07) is 13.1. The normalized spacial score (nSPS) is 10.7. The molecule has 0 aliphatic rings. The molecule has 0 amide bonds. The van der Waals surface area contributed by atoms with Crippen LogP contribution in [0.25, 0.3) is 22.6 Å². The summed E-state index contributed by atoms with van der Waals surface area (Å²) in [6.45, 7) is 3.82. The topological polar surface area (TPSA) is 99.6 Å². The second-order valence-corrected chi connectivity index (χ2v) is 7.37. The Balaban J connectivity index is 1.71. The van der Waals surface area contributed by atoms with Crippen LogP contribution in [-0.4, -0.2) is 23.4 Å². The van der Waals surface area contributed by atoms with Crippen molar-refractivity contribution in [2.75, 3.05) is 11.8 Å². The van der Waals surface area contributed by atoms with E-state index in [2.05, 4.69) is 19.6 Å². The third-order valence-electron chi connectivity index (χ3n) is 4.61. The van der Waals surface area contributed by atoms with Gasteiger partial charge in [0.25, 0.3) is 0 Å². The smallest absolute Gasteiger partial charge is 0.445 e. The van der Waals surface area contributed by atoms with Crippen LogP contribution < -0.4 is 9.46 Å². The zero-order chi connectivity index (χ0) is 21.8. The summed E-state index contributed by atoms with van der Waals surface area (Å²) in [6.07, 6.45) is 2.21. The molecule has 0 spiro atoms. The highest BCUT2D eigenvalue weighted by Gasteiger charge is 2.17. The number of oxazole rings is 1. The van der Waals surface area contributed by atoms with Crippen molar-refractivity contribution >= 4 is 24.0 Å². The molecule has 2 aromatic heterocycles. The van der Waals surface area contributed by atoms with E-state index in [-0.39, 0.29) is 0 Å². The Morgan fingerprint density at radius 1 is 1.13 bits per heavy atom. The van der Waals surface area contributed by atoms with Crippen molar-refractivity contribution in [1.82, 2.24) is 10.1 Å². The maximum Gasteiger partial charge on any atom is 0.513 e. The van der Waals surface area contributed by atoms with Crippen molar-refractivity contribution in [2.24, 2.45) is 0 Å². The molecule has 2 heterocycles. The van der Waals surface area contributed by atoms with Crippen LogP contribution in [0.1, 0.15) is 11.3 Å². The number of nitrogens with zero attached hydrogens (tertiary/aromatic N) is 2. The highest BCUT2D eigenvalue weighted by Crippen LogP contribution is 2.39. The van der Waals surface area contributed by atoms with Crippen LogP contribution in [0.5, 0.6) is 5.75 Å². The predicted molar refractivity (Wildman–Crippen MR) is 116 cm³/mol. The number of carbonyl (C=O) groups excluding carboxylic acids is 1. The van der Waals surface area contributed by atoms with Gasteiger partial charge in [0.05, 0.1) is 19.0 Å². The lowest BCUT2D eigenvalue weighted by molar-refractivity contribution is 0.121. The van der Waals surface area contributed by atoms with E-state index in [0.717, 1.165) is 21.7 Å². The van der Waals surface area contributed by atoms with Crippen LogP contribution in [-0.2, 0) is 4.74 Å². The van der Waals surface area contributed by atoms with Gasteiger partial charge in [0.15, 0.2) is 0 Å². The van der Waals surface area contributed by atoms with E-state index >= 15 is 0 Å². The lowest BCUT2D eigenvalue weighted by atomic mass is 10.0. The summed E-state index contributed by atoms with van der Waals surface area (Å²) in [5.41, 5.74) is 3.99. The van der Waals surface area contributed by atoms with Gasteiger partial charge in [-0.25, -0.2) is 9.78 Å². The minimum atomic E-state index is -0.818. The highest BCUT2D eigenvalue weighted by atomic mass is 32.2. The Morgan fingerprint density at radius 2 is 1.97 bits per heavy atom. The van der Waals surface area contributed by atoms with Crippen molar-refractivity contribution in [3.8, 4) is 28.3 Å². The highest BCUT2D eigenvalue weighted by molar-refractivity contribution is 8.00. The van der Waals surface area contributed by atoms with Crippen molar-refractivity contribution in [3.05, 3.63) is 66.2 Å². The summed E-state index contributed by atoms with van der Waals surface area (Å²) in [5, 5.41) is 3.96. The number of anilines is 1. The average molecular weight is 437 g/mol. The summed E-state index contributed by atoms with van der Waals surface area (Å²) in [5.74, 6) is 1.33. The van der Waals surface area contributed by atoms with E-state index in [9.17, 15) is 4.79 Å². The Hall–Kier alpha value is -3.72. The Morgan fingerprint density at radius 3 is 2.68 bits per heavy atom. The molecular formula is C22H19N3O5S. The van der Waals surface area contributed by atoms with E-state index in [0.29, 0.717) is 28.7 Å². The molecule has 0 aliphatic heterocycles. The Labute approximate surface area is 182 Å². The van der Waals surface area contributed by atoms with Gasteiger partial charge in [-0.1, -0.05) is 23.4 Å². The molecule has 31 heavy (non-hydrogen) atoms. The monoisotopic (exact) mass is 437 g/mol. The predicted octanol–water partition coefficient (Wildman–Crippen LogP) is 5.88. The second kappa shape index (κ2) is 8.97. The quantitative estimate of drug-likeness (QED) is 0.225. The van der Waals surface area contributed by atoms with Gasteiger partial charge in [-0.2, -0.15) is 0 Å². The van der Waals surface area contributed by atoms with E-state index in [1.54, 1.807) is 12.3 Å². The van der Waals surface area contributed by atoms with E-state index in [4.69, 9.17) is 13.7 Å². The first-order valence-electron chi connectivity index (χ1n) is 9.31. The van der Waals surface area contributed by atoms with E-state index in [1.807, 2.05) is 50.2 Å². The number of aryl methyl sites for hydroxylation is 1. The molecule has 0 aliphatic carbocycles. The maximum absolute atomic E-state index is 11.9. The van der Waals surface area contributed by atoms with Gasteiger partial charge < -0.3 is 18.4 Å². The number of carbonyl (C=O) groups is 1.